The standard InChI is InChI=1S/C26H26Cl2FNO/c1-17(29)12-25(18(2)20-8-9-20)31-16-19-14-30(15-19)26(21-6-4-3-5-7-21)22-10-11-23(27)24(28)13-22/h3-7,10-13,19-20,26H,1-2,8-9,14-16H2/b25-12+. The van der Waals surface area contributed by atoms with E-state index in [9.17, 15) is 4.39 Å². The molecule has 2 aromatic carbocycles. The molecule has 1 atom stereocenters. The number of benzene rings is 2. The highest BCUT2D eigenvalue weighted by atomic mass is 35.5. The molecule has 162 valence electrons. The van der Waals surface area contributed by atoms with Crippen molar-refractivity contribution >= 4 is 23.2 Å². The van der Waals surface area contributed by atoms with Crippen LogP contribution < -0.4 is 0 Å². The lowest BCUT2D eigenvalue weighted by molar-refractivity contribution is 0.0205. The third kappa shape index (κ3) is 5.41. The molecule has 1 aliphatic carbocycles. The molecule has 1 saturated heterocycles. The van der Waals surface area contributed by atoms with Gasteiger partial charge in [-0.1, -0.05) is 72.8 Å². The molecule has 0 N–H and O–H groups in total. The average molecular weight is 458 g/mol. The number of rotatable bonds is 9. The van der Waals surface area contributed by atoms with Gasteiger partial charge in [-0.05, 0) is 47.6 Å². The van der Waals surface area contributed by atoms with Crippen molar-refractivity contribution in [2.45, 2.75) is 18.9 Å². The highest BCUT2D eigenvalue weighted by Gasteiger charge is 2.35. The van der Waals surface area contributed by atoms with E-state index in [0.29, 0.717) is 34.2 Å². The van der Waals surface area contributed by atoms with Crippen LogP contribution in [0.25, 0.3) is 0 Å². The van der Waals surface area contributed by atoms with Crippen LogP contribution in [0.5, 0.6) is 0 Å². The second-order valence-corrected chi connectivity index (χ2v) is 9.19. The summed E-state index contributed by atoms with van der Waals surface area (Å²) in [4.78, 5) is 2.40. The predicted molar refractivity (Wildman–Crippen MR) is 126 cm³/mol. The van der Waals surface area contributed by atoms with Crippen molar-refractivity contribution in [2.24, 2.45) is 11.8 Å². The number of hydrogen-bond donors (Lipinski definition) is 0. The number of halogens is 3. The van der Waals surface area contributed by atoms with Gasteiger partial charge in [-0.3, -0.25) is 4.90 Å². The van der Waals surface area contributed by atoms with Crippen molar-refractivity contribution < 1.29 is 9.13 Å². The van der Waals surface area contributed by atoms with Gasteiger partial charge < -0.3 is 4.74 Å². The van der Waals surface area contributed by atoms with Gasteiger partial charge >= 0.3 is 0 Å². The molecule has 1 heterocycles. The summed E-state index contributed by atoms with van der Waals surface area (Å²) in [6.45, 7) is 9.72. The van der Waals surface area contributed by atoms with Crippen LogP contribution in [0.4, 0.5) is 4.39 Å². The van der Waals surface area contributed by atoms with E-state index < -0.39 is 5.83 Å². The number of nitrogens with zero attached hydrogens (tertiary/aromatic N) is 1. The van der Waals surface area contributed by atoms with Crippen molar-refractivity contribution in [2.75, 3.05) is 19.7 Å². The van der Waals surface area contributed by atoms with Crippen LogP contribution >= 0.6 is 23.2 Å². The summed E-state index contributed by atoms with van der Waals surface area (Å²) in [5.74, 6) is 0.811. The first kappa shape index (κ1) is 22.1. The van der Waals surface area contributed by atoms with E-state index in [1.165, 1.54) is 11.6 Å². The average Bonchev–Trinajstić information content (AvgIpc) is 3.56. The quantitative estimate of drug-likeness (QED) is 0.288. The first-order valence-electron chi connectivity index (χ1n) is 10.5. The zero-order valence-electron chi connectivity index (χ0n) is 17.4. The minimum absolute atomic E-state index is 0.0919. The van der Waals surface area contributed by atoms with E-state index >= 15 is 0 Å². The molecule has 2 nitrogen and oxygen atoms in total. The SMILES string of the molecule is C=C(F)/C=C(/OCC1CN(C(c2ccccc2)c2ccc(Cl)c(Cl)c2)C1)C(=C)C1CC1. The van der Waals surface area contributed by atoms with E-state index in [2.05, 4.69) is 30.2 Å². The Morgan fingerprint density at radius 2 is 1.77 bits per heavy atom. The predicted octanol–water partition coefficient (Wildman–Crippen LogP) is 7.36. The summed E-state index contributed by atoms with van der Waals surface area (Å²) >= 11 is 12.4. The lowest BCUT2D eigenvalue weighted by Gasteiger charge is -2.44. The summed E-state index contributed by atoms with van der Waals surface area (Å²) < 4.78 is 19.4. The second kappa shape index (κ2) is 9.60. The fourth-order valence-electron chi connectivity index (χ4n) is 4.07. The van der Waals surface area contributed by atoms with E-state index in [1.807, 2.05) is 36.4 Å². The number of allylic oxidation sites excluding steroid dienone is 3. The maximum absolute atomic E-state index is 13.4. The normalized spacial score (nSPS) is 18.4. The van der Waals surface area contributed by atoms with Crippen molar-refractivity contribution in [1.29, 1.82) is 0 Å². The van der Waals surface area contributed by atoms with Gasteiger partial charge in [-0.25, -0.2) is 4.39 Å². The highest BCUT2D eigenvalue weighted by Crippen LogP contribution is 2.40. The lowest BCUT2D eigenvalue weighted by atomic mass is 9.90. The summed E-state index contributed by atoms with van der Waals surface area (Å²) in [5, 5.41) is 1.11. The topological polar surface area (TPSA) is 12.5 Å². The van der Waals surface area contributed by atoms with Crippen LogP contribution in [0, 0.1) is 11.8 Å². The second-order valence-electron chi connectivity index (χ2n) is 8.37. The fourth-order valence-corrected chi connectivity index (χ4v) is 4.37. The smallest absolute Gasteiger partial charge is 0.125 e. The third-order valence-electron chi connectivity index (χ3n) is 5.87. The zero-order chi connectivity index (χ0) is 22.0. The summed E-state index contributed by atoms with van der Waals surface area (Å²) in [6.07, 6.45) is 3.55. The summed E-state index contributed by atoms with van der Waals surface area (Å²) in [6, 6.07) is 16.3. The third-order valence-corrected chi connectivity index (χ3v) is 6.61. The van der Waals surface area contributed by atoms with Gasteiger partial charge in [-0.2, -0.15) is 0 Å². The molecule has 5 heteroatoms. The molecule has 2 fully saturated rings. The molecule has 4 rings (SSSR count). The molecule has 0 aromatic heterocycles. The Balaban J connectivity index is 1.43. The van der Waals surface area contributed by atoms with Gasteiger partial charge in [0, 0.05) is 25.1 Å². The minimum atomic E-state index is -0.504. The van der Waals surface area contributed by atoms with Crippen LogP contribution in [0.15, 0.2) is 84.9 Å². The monoisotopic (exact) mass is 457 g/mol. The highest BCUT2D eigenvalue weighted by molar-refractivity contribution is 6.42. The van der Waals surface area contributed by atoms with E-state index in [4.69, 9.17) is 27.9 Å². The van der Waals surface area contributed by atoms with Crippen molar-refractivity contribution in [1.82, 2.24) is 4.90 Å². The van der Waals surface area contributed by atoms with Crippen LogP contribution in [0.3, 0.4) is 0 Å². The molecule has 0 bridgehead atoms. The maximum atomic E-state index is 13.4. The first-order valence-corrected chi connectivity index (χ1v) is 11.3. The molecule has 1 saturated carbocycles. The van der Waals surface area contributed by atoms with Crippen LogP contribution in [0.1, 0.15) is 30.0 Å². The lowest BCUT2D eigenvalue weighted by Crippen LogP contribution is -2.50. The molecule has 1 aliphatic heterocycles. The van der Waals surface area contributed by atoms with Gasteiger partial charge in [0.2, 0.25) is 0 Å². The molecule has 1 unspecified atom stereocenters. The van der Waals surface area contributed by atoms with Gasteiger partial charge in [0.1, 0.15) is 11.6 Å². The van der Waals surface area contributed by atoms with Gasteiger partial charge in [0.05, 0.1) is 22.7 Å². The van der Waals surface area contributed by atoms with Gasteiger partial charge in [0.25, 0.3) is 0 Å². The van der Waals surface area contributed by atoms with Crippen LogP contribution in [-0.4, -0.2) is 24.6 Å². The molecule has 0 spiro atoms. The zero-order valence-corrected chi connectivity index (χ0v) is 18.9. The van der Waals surface area contributed by atoms with Crippen molar-refractivity contribution in [3.05, 3.63) is 106 Å². The Hall–Kier alpha value is -2.07. The van der Waals surface area contributed by atoms with E-state index in [-0.39, 0.29) is 6.04 Å². The van der Waals surface area contributed by atoms with E-state index in [0.717, 1.165) is 37.1 Å². The Morgan fingerprint density at radius 1 is 1.06 bits per heavy atom. The summed E-state index contributed by atoms with van der Waals surface area (Å²) in [7, 11) is 0. The van der Waals surface area contributed by atoms with Gasteiger partial charge in [0.15, 0.2) is 0 Å². The van der Waals surface area contributed by atoms with E-state index in [1.54, 1.807) is 0 Å². The molecule has 2 aromatic rings. The molecule has 31 heavy (non-hydrogen) atoms. The van der Waals surface area contributed by atoms with Crippen LogP contribution in [-0.2, 0) is 4.74 Å². The summed E-state index contributed by atoms with van der Waals surface area (Å²) in [5.41, 5.74) is 3.20. The van der Waals surface area contributed by atoms with Gasteiger partial charge in [-0.15, -0.1) is 0 Å². The molecule has 0 radical (unpaired) electrons. The number of hydrogen-bond acceptors (Lipinski definition) is 2. The van der Waals surface area contributed by atoms with Crippen LogP contribution in [0.2, 0.25) is 10.0 Å². The Kier molecular flexibility index (Phi) is 6.86. The Labute approximate surface area is 193 Å². The van der Waals surface area contributed by atoms with Crippen molar-refractivity contribution in [3.8, 4) is 0 Å². The Bertz CT molecular complexity index is 994. The fraction of sp³-hybridized carbons (Fsp3) is 0.308. The Morgan fingerprint density at radius 3 is 2.39 bits per heavy atom. The molecule has 2 aliphatic rings. The minimum Gasteiger partial charge on any atom is -0.493 e. The maximum Gasteiger partial charge on any atom is 0.125 e. The number of likely N-dealkylation sites (tertiary alicyclic amines) is 1. The largest absolute Gasteiger partial charge is 0.493 e. The van der Waals surface area contributed by atoms with Crippen molar-refractivity contribution in [3.63, 3.8) is 0 Å². The molecule has 0 amide bonds. The number of ether oxygens (including phenoxy) is 1. The molecular weight excluding hydrogens is 432 g/mol. The molecular formula is C26H26Cl2FNO. The first-order chi connectivity index (χ1) is 14.9.